The highest BCUT2D eigenvalue weighted by Crippen LogP contribution is 2.23. The summed E-state index contributed by atoms with van der Waals surface area (Å²) in [6.45, 7) is 2.41. The summed E-state index contributed by atoms with van der Waals surface area (Å²) in [7, 11) is 0. The Bertz CT molecular complexity index is 582. The summed E-state index contributed by atoms with van der Waals surface area (Å²) < 4.78 is 10.5. The molecule has 0 radical (unpaired) electrons. The Morgan fingerprint density at radius 3 is 2.84 bits per heavy atom. The Kier molecular flexibility index (Phi) is 4.03. The molecular weight excluding hydrogens is 244 g/mol. The topological polar surface area (TPSA) is 59.7 Å². The molecule has 0 unspecified atom stereocenters. The van der Waals surface area contributed by atoms with Crippen LogP contribution >= 0.6 is 0 Å². The minimum atomic E-state index is -1.01. The first-order valence-electron chi connectivity index (χ1n) is 5.92. The van der Waals surface area contributed by atoms with Crippen molar-refractivity contribution in [2.24, 2.45) is 0 Å². The van der Waals surface area contributed by atoms with E-state index in [0.717, 1.165) is 0 Å². The van der Waals surface area contributed by atoms with Gasteiger partial charge in [-0.05, 0) is 42.8 Å². The number of rotatable bonds is 5. The standard InChI is InChI=1S/C15H14O4/c1-2-18-12-6-3-5-11(9-12)14(15(16)17)10-13-7-4-8-19-13/h3-10H,2H2,1H3,(H,16,17)/b14-10-. The maximum absolute atomic E-state index is 11.3. The van der Waals surface area contributed by atoms with Gasteiger partial charge in [-0.1, -0.05) is 12.1 Å². The molecule has 0 aliphatic rings. The van der Waals surface area contributed by atoms with Gasteiger partial charge >= 0.3 is 5.97 Å². The van der Waals surface area contributed by atoms with Crippen LogP contribution in [0, 0.1) is 0 Å². The van der Waals surface area contributed by atoms with Gasteiger partial charge in [-0.25, -0.2) is 4.79 Å². The van der Waals surface area contributed by atoms with Gasteiger partial charge in [0.15, 0.2) is 0 Å². The van der Waals surface area contributed by atoms with Gasteiger partial charge in [0, 0.05) is 0 Å². The molecule has 4 heteroatoms. The average Bonchev–Trinajstić information content (AvgIpc) is 2.89. The maximum atomic E-state index is 11.3. The molecular formula is C15H14O4. The van der Waals surface area contributed by atoms with Crippen molar-refractivity contribution in [1.82, 2.24) is 0 Å². The lowest BCUT2D eigenvalue weighted by Crippen LogP contribution is -2.00. The molecule has 0 atom stereocenters. The number of benzene rings is 1. The van der Waals surface area contributed by atoms with Crippen LogP contribution in [0.3, 0.4) is 0 Å². The Labute approximate surface area is 110 Å². The minimum Gasteiger partial charge on any atom is -0.494 e. The van der Waals surface area contributed by atoms with Crippen LogP contribution in [0.4, 0.5) is 0 Å². The van der Waals surface area contributed by atoms with Crippen molar-refractivity contribution in [1.29, 1.82) is 0 Å². The first-order chi connectivity index (χ1) is 9.20. The van der Waals surface area contributed by atoms with Crippen molar-refractivity contribution >= 4 is 17.6 Å². The third-order valence-electron chi connectivity index (χ3n) is 2.52. The number of hydrogen-bond donors (Lipinski definition) is 1. The SMILES string of the molecule is CCOc1cccc(/C(=C/c2ccco2)C(=O)O)c1. The number of aliphatic carboxylic acids is 1. The van der Waals surface area contributed by atoms with Crippen molar-refractivity contribution in [2.45, 2.75) is 6.92 Å². The van der Waals surface area contributed by atoms with Gasteiger partial charge in [0.25, 0.3) is 0 Å². The smallest absolute Gasteiger partial charge is 0.336 e. The second-order valence-electron chi connectivity index (χ2n) is 3.84. The van der Waals surface area contributed by atoms with Gasteiger partial charge in [0.05, 0.1) is 18.4 Å². The molecule has 0 aliphatic carbocycles. The van der Waals surface area contributed by atoms with E-state index in [1.54, 1.807) is 36.4 Å². The summed E-state index contributed by atoms with van der Waals surface area (Å²) in [5, 5.41) is 9.30. The van der Waals surface area contributed by atoms with Crippen LogP contribution in [0.15, 0.2) is 47.1 Å². The zero-order valence-electron chi connectivity index (χ0n) is 10.5. The molecule has 0 saturated carbocycles. The van der Waals surface area contributed by atoms with E-state index in [9.17, 15) is 9.90 Å². The molecule has 0 bridgehead atoms. The van der Waals surface area contributed by atoms with E-state index < -0.39 is 5.97 Å². The van der Waals surface area contributed by atoms with E-state index in [1.165, 1.54) is 12.3 Å². The second-order valence-corrected chi connectivity index (χ2v) is 3.84. The number of furan rings is 1. The van der Waals surface area contributed by atoms with Gasteiger partial charge in [-0.2, -0.15) is 0 Å². The third-order valence-corrected chi connectivity index (χ3v) is 2.52. The average molecular weight is 258 g/mol. The lowest BCUT2D eigenvalue weighted by atomic mass is 10.0. The zero-order valence-corrected chi connectivity index (χ0v) is 10.5. The van der Waals surface area contributed by atoms with Crippen molar-refractivity contribution in [3.63, 3.8) is 0 Å². The van der Waals surface area contributed by atoms with Gasteiger partial charge in [-0.15, -0.1) is 0 Å². The number of carboxylic acids is 1. The predicted molar refractivity (Wildman–Crippen MR) is 71.8 cm³/mol. The van der Waals surface area contributed by atoms with Crippen molar-refractivity contribution < 1.29 is 19.1 Å². The highest BCUT2D eigenvalue weighted by atomic mass is 16.5. The van der Waals surface area contributed by atoms with Crippen LogP contribution in [0.25, 0.3) is 11.6 Å². The molecule has 0 spiro atoms. The Hall–Kier alpha value is -2.49. The lowest BCUT2D eigenvalue weighted by molar-refractivity contribution is -0.130. The van der Waals surface area contributed by atoms with E-state index >= 15 is 0 Å². The molecule has 98 valence electrons. The molecule has 0 aliphatic heterocycles. The molecule has 1 aromatic heterocycles. The van der Waals surface area contributed by atoms with Crippen LogP contribution in [-0.4, -0.2) is 17.7 Å². The van der Waals surface area contributed by atoms with Crippen LogP contribution in [0.2, 0.25) is 0 Å². The number of hydrogen-bond acceptors (Lipinski definition) is 3. The van der Waals surface area contributed by atoms with Crippen molar-refractivity contribution in [3.05, 3.63) is 54.0 Å². The van der Waals surface area contributed by atoms with E-state index in [2.05, 4.69) is 0 Å². The maximum Gasteiger partial charge on any atom is 0.336 e. The fraction of sp³-hybridized carbons (Fsp3) is 0.133. The number of carbonyl (C=O) groups is 1. The number of carboxylic acid groups (broad SMARTS) is 1. The highest BCUT2D eigenvalue weighted by molar-refractivity contribution is 6.20. The first-order valence-corrected chi connectivity index (χ1v) is 5.92. The van der Waals surface area contributed by atoms with Crippen LogP contribution < -0.4 is 4.74 Å². The second kappa shape index (κ2) is 5.91. The molecule has 4 nitrogen and oxygen atoms in total. The van der Waals surface area contributed by atoms with E-state index in [1.807, 2.05) is 6.92 Å². The summed E-state index contributed by atoms with van der Waals surface area (Å²) >= 11 is 0. The van der Waals surface area contributed by atoms with Crippen LogP contribution in [-0.2, 0) is 4.79 Å². The molecule has 2 aromatic rings. The predicted octanol–water partition coefficient (Wildman–Crippen LogP) is 3.30. The zero-order chi connectivity index (χ0) is 13.7. The molecule has 1 N–H and O–H groups in total. The van der Waals surface area contributed by atoms with E-state index in [-0.39, 0.29) is 5.57 Å². The quantitative estimate of drug-likeness (QED) is 0.836. The summed E-state index contributed by atoms with van der Waals surface area (Å²) in [5.41, 5.74) is 0.742. The third kappa shape index (κ3) is 3.25. The normalized spacial score (nSPS) is 11.3. The summed E-state index contributed by atoms with van der Waals surface area (Å²) in [5.74, 6) is 0.135. The Balaban J connectivity index is 2.39. The monoisotopic (exact) mass is 258 g/mol. The Morgan fingerprint density at radius 2 is 2.21 bits per heavy atom. The molecule has 19 heavy (non-hydrogen) atoms. The highest BCUT2D eigenvalue weighted by Gasteiger charge is 2.12. The summed E-state index contributed by atoms with van der Waals surface area (Å²) in [4.78, 5) is 11.3. The fourth-order valence-corrected chi connectivity index (χ4v) is 1.70. The molecule has 0 saturated heterocycles. The molecule has 2 rings (SSSR count). The molecule has 1 heterocycles. The summed E-state index contributed by atoms with van der Waals surface area (Å²) in [6, 6.07) is 10.4. The van der Waals surface area contributed by atoms with Gasteiger partial charge < -0.3 is 14.3 Å². The number of ether oxygens (including phenoxy) is 1. The van der Waals surface area contributed by atoms with E-state index in [4.69, 9.17) is 9.15 Å². The first kappa shape index (κ1) is 13.0. The summed E-state index contributed by atoms with van der Waals surface area (Å²) in [6.07, 6.45) is 3.00. The molecule has 0 fully saturated rings. The van der Waals surface area contributed by atoms with Crippen LogP contribution in [0.1, 0.15) is 18.2 Å². The van der Waals surface area contributed by atoms with Crippen LogP contribution in [0.5, 0.6) is 5.75 Å². The Morgan fingerprint density at radius 1 is 1.37 bits per heavy atom. The minimum absolute atomic E-state index is 0.163. The largest absolute Gasteiger partial charge is 0.494 e. The van der Waals surface area contributed by atoms with Gasteiger partial charge in [0.2, 0.25) is 0 Å². The van der Waals surface area contributed by atoms with Gasteiger partial charge in [-0.3, -0.25) is 0 Å². The lowest BCUT2D eigenvalue weighted by Gasteiger charge is -2.06. The van der Waals surface area contributed by atoms with E-state index in [0.29, 0.717) is 23.7 Å². The van der Waals surface area contributed by atoms with Crippen molar-refractivity contribution in [2.75, 3.05) is 6.61 Å². The molecule has 0 amide bonds. The van der Waals surface area contributed by atoms with Crippen molar-refractivity contribution in [3.8, 4) is 5.75 Å². The van der Waals surface area contributed by atoms with Gasteiger partial charge in [0.1, 0.15) is 11.5 Å². The fourth-order valence-electron chi connectivity index (χ4n) is 1.70. The molecule has 1 aromatic carbocycles.